The number of carbonyl (C=O) groups excluding carboxylic acids is 1. The summed E-state index contributed by atoms with van der Waals surface area (Å²) in [5.41, 5.74) is 1.70. The van der Waals surface area contributed by atoms with Gasteiger partial charge in [-0.25, -0.2) is 0 Å². The van der Waals surface area contributed by atoms with Crippen LogP contribution in [-0.4, -0.2) is 19.6 Å². The number of nitrogens with one attached hydrogen (secondary N) is 1. The summed E-state index contributed by atoms with van der Waals surface area (Å²) in [7, 11) is 1.49. The summed E-state index contributed by atoms with van der Waals surface area (Å²) in [6, 6.07) is 10.4. The average molecular weight is 460 g/mol. The molecule has 0 unspecified atom stereocenters. The highest BCUT2D eigenvalue weighted by molar-refractivity contribution is 9.10. The SMILES string of the molecule is C#CCOc1c(/C=C(\C#N)C(=O)Nc2ccc(Cl)cc2C)cc(Br)cc1OC. The van der Waals surface area contributed by atoms with Crippen LogP contribution in [0.1, 0.15) is 11.1 Å². The molecule has 0 atom stereocenters. The van der Waals surface area contributed by atoms with Crippen molar-refractivity contribution in [3.63, 3.8) is 0 Å². The molecule has 0 saturated carbocycles. The number of hydrogen-bond acceptors (Lipinski definition) is 4. The number of nitriles is 1. The number of aryl methyl sites for hydroxylation is 1. The number of rotatable bonds is 6. The van der Waals surface area contributed by atoms with Crippen molar-refractivity contribution in [1.29, 1.82) is 5.26 Å². The van der Waals surface area contributed by atoms with Crippen molar-refractivity contribution in [2.45, 2.75) is 6.92 Å². The number of halogens is 2. The molecule has 0 bridgehead atoms. The number of carbonyl (C=O) groups is 1. The van der Waals surface area contributed by atoms with Crippen LogP contribution in [0.15, 0.2) is 40.4 Å². The second-order valence-electron chi connectivity index (χ2n) is 5.60. The zero-order chi connectivity index (χ0) is 20.7. The third-order valence-electron chi connectivity index (χ3n) is 3.67. The van der Waals surface area contributed by atoms with Crippen LogP contribution >= 0.6 is 27.5 Å². The average Bonchev–Trinajstić information content (AvgIpc) is 2.66. The quantitative estimate of drug-likeness (QED) is 0.376. The highest BCUT2D eigenvalue weighted by Gasteiger charge is 2.16. The molecule has 28 heavy (non-hydrogen) atoms. The summed E-state index contributed by atoms with van der Waals surface area (Å²) in [4.78, 5) is 12.6. The molecule has 2 aromatic carbocycles. The maximum Gasteiger partial charge on any atom is 0.266 e. The highest BCUT2D eigenvalue weighted by Crippen LogP contribution is 2.36. The van der Waals surface area contributed by atoms with E-state index in [1.54, 1.807) is 30.3 Å². The lowest BCUT2D eigenvalue weighted by atomic mass is 10.1. The fourth-order valence-electron chi connectivity index (χ4n) is 2.38. The molecule has 0 aliphatic rings. The van der Waals surface area contributed by atoms with Crippen LogP contribution in [0.5, 0.6) is 11.5 Å². The predicted molar refractivity (Wildman–Crippen MR) is 113 cm³/mol. The zero-order valence-corrected chi connectivity index (χ0v) is 17.5. The molecule has 142 valence electrons. The van der Waals surface area contributed by atoms with Gasteiger partial charge in [-0.05, 0) is 48.9 Å². The fraction of sp³-hybridized carbons (Fsp3) is 0.143. The number of benzene rings is 2. The minimum Gasteiger partial charge on any atom is -0.493 e. The Bertz CT molecular complexity index is 1020. The Morgan fingerprint density at radius 2 is 2.14 bits per heavy atom. The van der Waals surface area contributed by atoms with Crippen LogP contribution in [0.25, 0.3) is 6.08 Å². The Hall–Kier alpha value is -2.93. The van der Waals surface area contributed by atoms with Crippen LogP contribution in [0, 0.1) is 30.6 Å². The van der Waals surface area contributed by atoms with Gasteiger partial charge in [0.2, 0.25) is 0 Å². The summed E-state index contributed by atoms with van der Waals surface area (Å²) < 4.78 is 11.6. The smallest absolute Gasteiger partial charge is 0.266 e. The van der Waals surface area contributed by atoms with Crippen LogP contribution in [0.3, 0.4) is 0 Å². The first-order valence-electron chi connectivity index (χ1n) is 8.02. The summed E-state index contributed by atoms with van der Waals surface area (Å²) in [6.45, 7) is 1.82. The molecule has 7 heteroatoms. The summed E-state index contributed by atoms with van der Waals surface area (Å²) >= 11 is 9.31. The summed E-state index contributed by atoms with van der Waals surface area (Å²) in [5.74, 6) is 2.58. The van der Waals surface area contributed by atoms with E-state index in [4.69, 9.17) is 27.5 Å². The molecule has 1 N–H and O–H groups in total. The molecule has 0 aliphatic carbocycles. The number of terminal acetylenes is 1. The Morgan fingerprint density at radius 3 is 2.75 bits per heavy atom. The topological polar surface area (TPSA) is 71.3 Å². The van der Waals surface area contributed by atoms with Crippen molar-refractivity contribution < 1.29 is 14.3 Å². The van der Waals surface area contributed by atoms with Gasteiger partial charge in [0.25, 0.3) is 5.91 Å². The first kappa shape index (κ1) is 21.4. The molecule has 2 aromatic rings. The monoisotopic (exact) mass is 458 g/mol. The van der Waals surface area contributed by atoms with Crippen molar-refractivity contribution in [3.8, 4) is 29.9 Å². The van der Waals surface area contributed by atoms with E-state index in [0.29, 0.717) is 32.2 Å². The Balaban J connectivity index is 2.43. The molecule has 0 spiro atoms. The first-order chi connectivity index (χ1) is 13.4. The van der Waals surface area contributed by atoms with Gasteiger partial charge < -0.3 is 14.8 Å². The van der Waals surface area contributed by atoms with Crippen LogP contribution in [-0.2, 0) is 4.79 Å². The highest BCUT2D eigenvalue weighted by atomic mass is 79.9. The van der Waals surface area contributed by atoms with Gasteiger partial charge in [-0.15, -0.1) is 6.42 Å². The van der Waals surface area contributed by atoms with Crippen molar-refractivity contribution in [2.24, 2.45) is 0 Å². The summed E-state index contributed by atoms with van der Waals surface area (Å²) in [5, 5.41) is 12.8. The minimum atomic E-state index is -0.560. The molecule has 0 fully saturated rings. The second kappa shape index (κ2) is 9.85. The molecule has 0 heterocycles. The van der Waals surface area contributed by atoms with E-state index in [1.165, 1.54) is 13.2 Å². The van der Waals surface area contributed by atoms with Crippen molar-refractivity contribution in [1.82, 2.24) is 0 Å². The van der Waals surface area contributed by atoms with E-state index >= 15 is 0 Å². The van der Waals surface area contributed by atoms with Crippen molar-refractivity contribution in [2.75, 3.05) is 19.0 Å². The maximum absolute atomic E-state index is 12.6. The van der Waals surface area contributed by atoms with Crippen LogP contribution in [0.2, 0.25) is 5.02 Å². The molecular formula is C21H16BrClN2O3. The van der Waals surface area contributed by atoms with E-state index < -0.39 is 5.91 Å². The van der Waals surface area contributed by atoms with Crippen molar-refractivity contribution >= 4 is 45.2 Å². The molecule has 1 amide bonds. The third kappa shape index (κ3) is 5.29. The third-order valence-corrected chi connectivity index (χ3v) is 4.36. The molecule has 5 nitrogen and oxygen atoms in total. The first-order valence-corrected chi connectivity index (χ1v) is 9.19. The molecular weight excluding hydrogens is 444 g/mol. The van der Waals surface area contributed by atoms with Gasteiger partial charge in [0.1, 0.15) is 18.2 Å². The molecule has 0 radical (unpaired) electrons. The predicted octanol–water partition coefficient (Wildman–Crippen LogP) is 4.98. The Morgan fingerprint density at radius 1 is 1.39 bits per heavy atom. The van der Waals surface area contributed by atoms with E-state index in [0.717, 1.165) is 5.56 Å². The standard InChI is InChI=1S/C21H16BrClN2O3/c1-4-7-28-20-14(10-16(22)11-19(20)27-3)9-15(12-24)21(26)25-18-6-5-17(23)8-13(18)2/h1,5-6,8-11H,7H2,2-3H3,(H,25,26)/b15-9+. The number of anilines is 1. The molecule has 2 rings (SSSR count). The van der Waals surface area contributed by atoms with Gasteiger partial charge >= 0.3 is 0 Å². The number of amides is 1. The van der Waals surface area contributed by atoms with Crippen molar-refractivity contribution in [3.05, 3.63) is 56.5 Å². The zero-order valence-electron chi connectivity index (χ0n) is 15.2. The van der Waals surface area contributed by atoms with Gasteiger partial charge in [0.05, 0.1) is 7.11 Å². The number of hydrogen-bond donors (Lipinski definition) is 1. The van der Waals surface area contributed by atoms with Gasteiger partial charge in [0, 0.05) is 20.7 Å². The van der Waals surface area contributed by atoms with E-state index in [-0.39, 0.29) is 12.2 Å². The van der Waals surface area contributed by atoms with Gasteiger partial charge in [-0.2, -0.15) is 5.26 Å². The normalized spacial score (nSPS) is 10.6. The molecule has 0 aliphatic heterocycles. The fourth-order valence-corrected chi connectivity index (χ4v) is 3.06. The van der Waals surface area contributed by atoms with Gasteiger partial charge in [-0.1, -0.05) is 33.5 Å². The number of nitrogens with zero attached hydrogens (tertiary/aromatic N) is 1. The summed E-state index contributed by atoms with van der Waals surface area (Å²) in [6.07, 6.45) is 6.68. The molecule has 0 saturated heterocycles. The van der Waals surface area contributed by atoms with E-state index in [2.05, 4.69) is 27.2 Å². The molecule has 0 aromatic heterocycles. The van der Waals surface area contributed by atoms with E-state index in [1.807, 2.05) is 13.0 Å². The van der Waals surface area contributed by atoms with Crippen LogP contribution < -0.4 is 14.8 Å². The second-order valence-corrected chi connectivity index (χ2v) is 6.95. The van der Waals surface area contributed by atoms with Gasteiger partial charge in [-0.3, -0.25) is 4.79 Å². The van der Waals surface area contributed by atoms with E-state index in [9.17, 15) is 10.1 Å². The lowest BCUT2D eigenvalue weighted by Gasteiger charge is -2.13. The number of methoxy groups -OCH3 is 1. The lowest BCUT2D eigenvalue weighted by Crippen LogP contribution is -2.14. The number of ether oxygens (including phenoxy) is 2. The van der Waals surface area contributed by atoms with Crippen LogP contribution in [0.4, 0.5) is 5.69 Å². The van der Waals surface area contributed by atoms with Gasteiger partial charge in [0.15, 0.2) is 11.5 Å². The largest absolute Gasteiger partial charge is 0.493 e. The lowest BCUT2D eigenvalue weighted by molar-refractivity contribution is -0.112. The Labute approximate surface area is 177 Å². The Kier molecular flexibility index (Phi) is 7.52. The minimum absolute atomic E-state index is 0.0108. The maximum atomic E-state index is 12.6.